The molecule has 0 amide bonds. The van der Waals surface area contributed by atoms with E-state index in [0.717, 1.165) is 28.3 Å². The number of hydrogen-bond donors (Lipinski definition) is 0. The molecule has 29 heavy (non-hydrogen) atoms. The van der Waals surface area contributed by atoms with Gasteiger partial charge in [0.15, 0.2) is 0 Å². The van der Waals surface area contributed by atoms with Gasteiger partial charge < -0.3 is 14.0 Å². The topological polar surface area (TPSA) is 57.5 Å². The van der Waals surface area contributed by atoms with Crippen molar-refractivity contribution in [3.05, 3.63) is 71.4 Å². The summed E-state index contributed by atoms with van der Waals surface area (Å²) in [6.45, 7) is 7.29. The summed E-state index contributed by atoms with van der Waals surface area (Å²) in [6.07, 6.45) is -0.355. The zero-order chi connectivity index (χ0) is 21.1. The number of aromatic nitrogens is 1. The summed E-state index contributed by atoms with van der Waals surface area (Å²) in [4.78, 5) is 25.0. The predicted molar refractivity (Wildman–Crippen MR) is 113 cm³/mol. The molecule has 0 saturated heterocycles. The van der Waals surface area contributed by atoms with Gasteiger partial charge in [0.1, 0.15) is 5.75 Å². The first kappa shape index (κ1) is 20.4. The first-order valence-electron chi connectivity index (χ1n) is 9.51. The fourth-order valence-electron chi connectivity index (χ4n) is 3.22. The first-order valence-corrected chi connectivity index (χ1v) is 9.51. The van der Waals surface area contributed by atoms with E-state index < -0.39 is 11.8 Å². The summed E-state index contributed by atoms with van der Waals surface area (Å²) in [5, 5.41) is 0. The molecule has 0 bridgehead atoms. The Kier molecular flexibility index (Phi) is 5.87. The van der Waals surface area contributed by atoms with Crippen LogP contribution in [-0.4, -0.2) is 29.5 Å². The molecule has 5 nitrogen and oxygen atoms in total. The van der Waals surface area contributed by atoms with Crippen LogP contribution < -0.4 is 4.74 Å². The second-order valence-electron chi connectivity index (χ2n) is 7.21. The Morgan fingerprint density at radius 3 is 2.10 bits per heavy atom. The third-order valence-corrected chi connectivity index (χ3v) is 4.70. The van der Waals surface area contributed by atoms with E-state index in [-0.39, 0.29) is 6.10 Å². The highest BCUT2D eigenvalue weighted by molar-refractivity contribution is 6.41. The lowest BCUT2D eigenvalue weighted by Gasteiger charge is -2.13. The van der Waals surface area contributed by atoms with Crippen LogP contribution in [0.5, 0.6) is 5.75 Å². The number of esters is 1. The number of ketones is 1. The van der Waals surface area contributed by atoms with Crippen molar-refractivity contribution < 1.29 is 19.1 Å². The standard InChI is InChI=1S/C24H25NO4/c1-15(2)29-24(27)23(26)21-14-22(18-8-6-16(3)7-9-18)25(17(21)4)19-10-12-20(28-5)13-11-19/h6-15H,1-5H3. The quantitative estimate of drug-likeness (QED) is 0.341. The Hall–Kier alpha value is -3.34. The van der Waals surface area contributed by atoms with Crippen molar-refractivity contribution in [3.8, 4) is 22.7 Å². The molecule has 0 aliphatic heterocycles. The molecular formula is C24H25NO4. The minimum Gasteiger partial charge on any atom is -0.497 e. The lowest BCUT2D eigenvalue weighted by molar-refractivity contribution is -0.141. The van der Waals surface area contributed by atoms with Crippen LogP contribution in [0.1, 0.15) is 35.5 Å². The second-order valence-corrected chi connectivity index (χ2v) is 7.21. The Morgan fingerprint density at radius 2 is 1.55 bits per heavy atom. The predicted octanol–water partition coefficient (Wildman–Crippen LogP) is 4.90. The molecule has 150 valence electrons. The Labute approximate surface area is 170 Å². The van der Waals surface area contributed by atoms with Gasteiger partial charge in [-0.3, -0.25) is 4.79 Å². The van der Waals surface area contributed by atoms with E-state index in [2.05, 4.69) is 0 Å². The number of Topliss-reactive ketones (excluding diaryl/α,β-unsaturated/α-hetero) is 1. The third-order valence-electron chi connectivity index (χ3n) is 4.70. The van der Waals surface area contributed by atoms with Gasteiger partial charge in [0.25, 0.3) is 5.78 Å². The molecule has 0 saturated carbocycles. The monoisotopic (exact) mass is 391 g/mol. The van der Waals surface area contributed by atoms with Gasteiger partial charge in [-0.1, -0.05) is 29.8 Å². The van der Waals surface area contributed by atoms with Crippen molar-refractivity contribution in [2.45, 2.75) is 33.8 Å². The maximum absolute atomic E-state index is 12.8. The average molecular weight is 391 g/mol. The van der Waals surface area contributed by atoms with Crippen LogP contribution in [0, 0.1) is 13.8 Å². The van der Waals surface area contributed by atoms with Crippen molar-refractivity contribution in [2.75, 3.05) is 7.11 Å². The molecule has 1 heterocycles. The molecule has 0 aliphatic carbocycles. The zero-order valence-electron chi connectivity index (χ0n) is 17.4. The van der Waals surface area contributed by atoms with Crippen LogP contribution in [0.4, 0.5) is 0 Å². The van der Waals surface area contributed by atoms with Gasteiger partial charge in [-0.2, -0.15) is 0 Å². The zero-order valence-corrected chi connectivity index (χ0v) is 17.4. The molecule has 0 N–H and O–H groups in total. The highest BCUT2D eigenvalue weighted by Crippen LogP contribution is 2.31. The molecule has 3 aromatic rings. The Morgan fingerprint density at radius 1 is 0.931 bits per heavy atom. The largest absolute Gasteiger partial charge is 0.497 e. The van der Waals surface area contributed by atoms with E-state index in [1.807, 2.05) is 66.9 Å². The van der Waals surface area contributed by atoms with Crippen LogP contribution >= 0.6 is 0 Å². The lowest BCUT2D eigenvalue weighted by Crippen LogP contribution is -2.21. The summed E-state index contributed by atoms with van der Waals surface area (Å²) < 4.78 is 12.3. The van der Waals surface area contributed by atoms with Crippen LogP contribution in [0.2, 0.25) is 0 Å². The first-order chi connectivity index (χ1) is 13.8. The molecule has 2 aromatic carbocycles. The lowest BCUT2D eigenvalue weighted by atomic mass is 10.1. The SMILES string of the molecule is COc1ccc(-n2c(-c3ccc(C)cc3)cc(C(=O)C(=O)OC(C)C)c2C)cc1. The van der Waals surface area contributed by atoms with Crippen LogP contribution in [0.3, 0.4) is 0 Å². The van der Waals surface area contributed by atoms with Gasteiger partial charge in [0.05, 0.1) is 24.5 Å². The van der Waals surface area contributed by atoms with Gasteiger partial charge in [-0.25, -0.2) is 4.79 Å². The second kappa shape index (κ2) is 8.35. The number of rotatable bonds is 6. The summed E-state index contributed by atoms with van der Waals surface area (Å²) in [5.41, 5.74) is 4.80. The molecule has 1 aromatic heterocycles. The highest BCUT2D eigenvalue weighted by atomic mass is 16.5. The minimum absolute atomic E-state index is 0.335. The number of hydrogen-bond acceptors (Lipinski definition) is 4. The summed E-state index contributed by atoms with van der Waals surface area (Å²) >= 11 is 0. The molecule has 5 heteroatoms. The molecule has 3 rings (SSSR count). The smallest absolute Gasteiger partial charge is 0.379 e. The molecule has 0 fully saturated rings. The number of aryl methyl sites for hydroxylation is 1. The third kappa shape index (κ3) is 4.24. The summed E-state index contributed by atoms with van der Waals surface area (Å²) in [7, 11) is 1.62. The fourth-order valence-corrected chi connectivity index (χ4v) is 3.22. The molecule has 0 aliphatic rings. The Bertz CT molecular complexity index is 1030. The van der Waals surface area contributed by atoms with Crippen molar-refractivity contribution in [1.82, 2.24) is 4.57 Å². The van der Waals surface area contributed by atoms with Gasteiger partial charge in [0, 0.05) is 11.4 Å². The van der Waals surface area contributed by atoms with Crippen molar-refractivity contribution in [3.63, 3.8) is 0 Å². The van der Waals surface area contributed by atoms with Gasteiger partial charge in [-0.05, 0) is 63.6 Å². The molecular weight excluding hydrogens is 366 g/mol. The number of carbonyl (C=O) groups is 2. The Balaban J connectivity index is 2.16. The minimum atomic E-state index is -0.842. The number of nitrogens with zero attached hydrogens (tertiary/aromatic N) is 1. The van der Waals surface area contributed by atoms with Crippen LogP contribution in [-0.2, 0) is 9.53 Å². The molecule has 0 unspecified atom stereocenters. The molecule has 0 spiro atoms. The number of benzene rings is 2. The van der Waals surface area contributed by atoms with Crippen LogP contribution in [0.25, 0.3) is 16.9 Å². The number of ether oxygens (including phenoxy) is 2. The van der Waals surface area contributed by atoms with E-state index in [1.54, 1.807) is 27.0 Å². The van der Waals surface area contributed by atoms with Crippen molar-refractivity contribution in [1.29, 1.82) is 0 Å². The van der Waals surface area contributed by atoms with Crippen molar-refractivity contribution >= 4 is 11.8 Å². The van der Waals surface area contributed by atoms with E-state index in [4.69, 9.17) is 9.47 Å². The van der Waals surface area contributed by atoms with Gasteiger partial charge in [0.2, 0.25) is 0 Å². The van der Waals surface area contributed by atoms with E-state index in [9.17, 15) is 9.59 Å². The van der Waals surface area contributed by atoms with Crippen molar-refractivity contribution in [2.24, 2.45) is 0 Å². The summed E-state index contributed by atoms with van der Waals surface area (Å²) in [6, 6.07) is 17.4. The van der Waals surface area contributed by atoms with E-state index >= 15 is 0 Å². The maximum atomic E-state index is 12.8. The van der Waals surface area contributed by atoms with Crippen LogP contribution in [0.15, 0.2) is 54.6 Å². The highest BCUT2D eigenvalue weighted by Gasteiger charge is 2.26. The number of methoxy groups -OCH3 is 1. The normalized spacial score (nSPS) is 10.8. The number of carbonyl (C=O) groups excluding carboxylic acids is 2. The average Bonchev–Trinajstić information content (AvgIpc) is 3.04. The summed E-state index contributed by atoms with van der Waals surface area (Å²) in [5.74, 6) is -0.741. The van der Waals surface area contributed by atoms with Gasteiger partial charge >= 0.3 is 5.97 Å². The van der Waals surface area contributed by atoms with Gasteiger partial charge in [-0.15, -0.1) is 0 Å². The van der Waals surface area contributed by atoms with E-state index in [1.165, 1.54) is 0 Å². The molecule has 0 atom stereocenters. The fraction of sp³-hybridized carbons (Fsp3) is 0.250. The van der Waals surface area contributed by atoms with E-state index in [0.29, 0.717) is 11.3 Å². The maximum Gasteiger partial charge on any atom is 0.379 e. The molecule has 0 radical (unpaired) electrons.